The SMILES string of the molecule is C=C(N)/C=C(\C(C)=C/N)c1cc(C(=O)NCCc2cn3ccccc3n2)c(-c2ccccc2Cl)o1. The third kappa shape index (κ3) is 5.31. The fourth-order valence-electron chi connectivity index (χ4n) is 3.70. The number of carbonyl (C=O) groups is 1. The highest BCUT2D eigenvalue weighted by Gasteiger charge is 2.23. The number of carbonyl (C=O) groups excluding carboxylic acids is 1. The standard InChI is InChI=1S/C27H26ClN5O2/c1-17(15-29)21(13-18(2)30)24-14-22(26(35-24)20-7-3-4-8-23(20)28)27(34)31-11-10-19-16-33-12-6-5-9-25(33)32-19/h3-9,12-16H,2,10-11,29-30H2,1H3,(H,31,34)/b17-15-,21-13+. The number of allylic oxidation sites excluding steroid dienone is 3. The number of pyridine rings is 1. The van der Waals surface area contributed by atoms with Gasteiger partial charge in [0.1, 0.15) is 17.2 Å². The lowest BCUT2D eigenvalue weighted by atomic mass is 10.0. The second kappa shape index (κ2) is 10.4. The summed E-state index contributed by atoms with van der Waals surface area (Å²) in [5.41, 5.74) is 15.9. The Balaban J connectivity index is 1.64. The van der Waals surface area contributed by atoms with Crippen molar-refractivity contribution in [3.8, 4) is 11.3 Å². The number of nitrogens with one attached hydrogen (secondary N) is 1. The summed E-state index contributed by atoms with van der Waals surface area (Å²) in [5.74, 6) is 0.490. The van der Waals surface area contributed by atoms with Crippen molar-refractivity contribution in [2.24, 2.45) is 11.5 Å². The lowest BCUT2D eigenvalue weighted by Crippen LogP contribution is -2.25. The van der Waals surface area contributed by atoms with Crippen molar-refractivity contribution >= 4 is 28.7 Å². The Morgan fingerprint density at radius 2 is 2.03 bits per heavy atom. The molecule has 0 bridgehead atoms. The molecule has 1 aromatic carbocycles. The van der Waals surface area contributed by atoms with E-state index >= 15 is 0 Å². The number of rotatable bonds is 8. The lowest BCUT2D eigenvalue weighted by molar-refractivity contribution is 0.0954. The summed E-state index contributed by atoms with van der Waals surface area (Å²) >= 11 is 6.44. The fraction of sp³-hybridized carbons (Fsp3) is 0.111. The van der Waals surface area contributed by atoms with E-state index in [9.17, 15) is 4.79 Å². The van der Waals surface area contributed by atoms with Gasteiger partial charge in [0, 0.05) is 42.2 Å². The molecule has 4 aromatic rings. The van der Waals surface area contributed by atoms with Crippen LogP contribution in [-0.4, -0.2) is 21.8 Å². The number of halogens is 1. The zero-order valence-electron chi connectivity index (χ0n) is 19.3. The number of nitrogens with zero attached hydrogens (tertiary/aromatic N) is 2. The van der Waals surface area contributed by atoms with Gasteiger partial charge in [-0.25, -0.2) is 4.98 Å². The van der Waals surface area contributed by atoms with Gasteiger partial charge in [0.2, 0.25) is 0 Å². The zero-order valence-corrected chi connectivity index (χ0v) is 20.0. The molecule has 4 rings (SSSR count). The molecule has 7 nitrogen and oxygen atoms in total. The number of hydrogen-bond acceptors (Lipinski definition) is 5. The molecule has 8 heteroatoms. The second-order valence-corrected chi connectivity index (χ2v) is 8.43. The molecule has 0 atom stereocenters. The molecule has 1 amide bonds. The first kappa shape index (κ1) is 23.9. The van der Waals surface area contributed by atoms with Crippen LogP contribution in [-0.2, 0) is 6.42 Å². The van der Waals surface area contributed by atoms with E-state index < -0.39 is 0 Å². The second-order valence-electron chi connectivity index (χ2n) is 8.02. The molecule has 0 saturated carbocycles. The number of amides is 1. The van der Waals surface area contributed by atoms with Gasteiger partial charge in [-0.3, -0.25) is 4.79 Å². The minimum absolute atomic E-state index is 0.293. The van der Waals surface area contributed by atoms with Gasteiger partial charge in [-0.15, -0.1) is 0 Å². The van der Waals surface area contributed by atoms with Crippen molar-refractivity contribution in [1.29, 1.82) is 0 Å². The average Bonchev–Trinajstić information content (AvgIpc) is 3.46. The average molecular weight is 488 g/mol. The van der Waals surface area contributed by atoms with Crippen LogP contribution in [0, 0.1) is 0 Å². The van der Waals surface area contributed by atoms with E-state index in [4.69, 9.17) is 27.5 Å². The lowest BCUT2D eigenvalue weighted by Gasteiger charge is -2.06. The summed E-state index contributed by atoms with van der Waals surface area (Å²) in [6, 6.07) is 14.7. The van der Waals surface area contributed by atoms with Crippen molar-refractivity contribution in [3.63, 3.8) is 0 Å². The van der Waals surface area contributed by atoms with Crippen LogP contribution in [0.3, 0.4) is 0 Å². The number of imidazole rings is 1. The summed E-state index contributed by atoms with van der Waals surface area (Å²) in [7, 11) is 0. The summed E-state index contributed by atoms with van der Waals surface area (Å²) in [5, 5.41) is 3.43. The quantitative estimate of drug-likeness (QED) is 0.305. The van der Waals surface area contributed by atoms with Crippen LogP contribution in [0.4, 0.5) is 0 Å². The number of nitrogens with two attached hydrogens (primary N) is 2. The van der Waals surface area contributed by atoms with Crippen LogP contribution in [0.5, 0.6) is 0 Å². The molecule has 35 heavy (non-hydrogen) atoms. The van der Waals surface area contributed by atoms with Gasteiger partial charge in [0.25, 0.3) is 5.91 Å². The van der Waals surface area contributed by atoms with E-state index in [-0.39, 0.29) is 5.91 Å². The third-order valence-corrected chi connectivity index (χ3v) is 5.78. The molecule has 0 unspecified atom stereocenters. The fourth-order valence-corrected chi connectivity index (χ4v) is 3.92. The van der Waals surface area contributed by atoms with Gasteiger partial charge in [0.15, 0.2) is 0 Å². The molecule has 5 N–H and O–H groups in total. The molecule has 0 spiro atoms. The third-order valence-electron chi connectivity index (χ3n) is 5.45. The van der Waals surface area contributed by atoms with E-state index in [1.54, 1.807) is 24.3 Å². The predicted octanol–water partition coefficient (Wildman–Crippen LogP) is 4.94. The van der Waals surface area contributed by atoms with E-state index in [1.807, 2.05) is 54.0 Å². The minimum atomic E-state index is -0.293. The molecule has 0 saturated heterocycles. The van der Waals surface area contributed by atoms with Crippen molar-refractivity contribution in [2.75, 3.05) is 6.54 Å². The predicted molar refractivity (Wildman–Crippen MR) is 140 cm³/mol. The monoisotopic (exact) mass is 487 g/mol. The maximum atomic E-state index is 13.3. The number of furan rings is 1. The van der Waals surface area contributed by atoms with Crippen LogP contribution in [0.25, 0.3) is 22.5 Å². The van der Waals surface area contributed by atoms with Crippen LogP contribution in [0.15, 0.2) is 95.5 Å². The first-order valence-electron chi connectivity index (χ1n) is 11.0. The normalized spacial score (nSPS) is 12.2. The van der Waals surface area contributed by atoms with E-state index in [0.717, 1.165) is 16.9 Å². The van der Waals surface area contributed by atoms with Crippen molar-refractivity contribution in [3.05, 3.63) is 113 Å². The van der Waals surface area contributed by atoms with E-state index in [2.05, 4.69) is 16.9 Å². The largest absolute Gasteiger partial charge is 0.455 e. The van der Waals surface area contributed by atoms with E-state index in [0.29, 0.717) is 51.9 Å². The summed E-state index contributed by atoms with van der Waals surface area (Å²) in [6.07, 6.45) is 7.56. The van der Waals surface area contributed by atoms with Gasteiger partial charge in [-0.05, 0) is 55.1 Å². The Kier molecular flexibility index (Phi) is 7.08. The van der Waals surface area contributed by atoms with Crippen molar-refractivity contribution in [1.82, 2.24) is 14.7 Å². The number of fused-ring (bicyclic) bond motifs is 1. The maximum Gasteiger partial charge on any atom is 0.255 e. The zero-order chi connectivity index (χ0) is 24.9. The smallest absolute Gasteiger partial charge is 0.255 e. The van der Waals surface area contributed by atoms with Crippen LogP contribution in [0.2, 0.25) is 5.02 Å². The molecule has 0 radical (unpaired) electrons. The van der Waals surface area contributed by atoms with E-state index in [1.165, 1.54) is 6.20 Å². The van der Waals surface area contributed by atoms with Gasteiger partial charge in [-0.2, -0.15) is 0 Å². The molecule has 0 fully saturated rings. The van der Waals surface area contributed by atoms with Gasteiger partial charge in [-0.1, -0.05) is 36.4 Å². The molecular formula is C27H26ClN5O2. The van der Waals surface area contributed by atoms with Crippen molar-refractivity contribution < 1.29 is 9.21 Å². The molecule has 0 aliphatic carbocycles. The highest BCUT2D eigenvalue weighted by atomic mass is 35.5. The highest BCUT2D eigenvalue weighted by Crippen LogP contribution is 2.36. The van der Waals surface area contributed by atoms with Gasteiger partial charge >= 0.3 is 0 Å². The maximum absolute atomic E-state index is 13.3. The molecule has 0 aliphatic heterocycles. The van der Waals surface area contributed by atoms with Gasteiger partial charge in [0.05, 0.1) is 16.3 Å². The number of hydrogen-bond donors (Lipinski definition) is 3. The summed E-state index contributed by atoms with van der Waals surface area (Å²) in [4.78, 5) is 17.8. The summed E-state index contributed by atoms with van der Waals surface area (Å²) < 4.78 is 8.12. The highest BCUT2D eigenvalue weighted by molar-refractivity contribution is 6.33. The Bertz CT molecular complexity index is 1430. The molecule has 3 aromatic heterocycles. The van der Waals surface area contributed by atoms with Crippen LogP contribution in [0.1, 0.15) is 28.7 Å². The van der Waals surface area contributed by atoms with Crippen LogP contribution >= 0.6 is 11.6 Å². The van der Waals surface area contributed by atoms with Crippen LogP contribution < -0.4 is 16.8 Å². The Labute approximate surface area is 208 Å². The molecule has 0 aliphatic rings. The molecular weight excluding hydrogens is 462 g/mol. The number of aromatic nitrogens is 2. The minimum Gasteiger partial charge on any atom is -0.455 e. The molecule has 3 heterocycles. The Morgan fingerprint density at radius 1 is 1.26 bits per heavy atom. The number of benzene rings is 1. The topological polar surface area (TPSA) is 112 Å². The summed E-state index contributed by atoms with van der Waals surface area (Å²) in [6.45, 7) is 5.96. The molecule has 178 valence electrons. The van der Waals surface area contributed by atoms with Gasteiger partial charge < -0.3 is 25.6 Å². The first-order chi connectivity index (χ1) is 16.9. The first-order valence-corrected chi connectivity index (χ1v) is 11.4. The Morgan fingerprint density at radius 3 is 2.74 bits per heavy atom. The Hall–Kier alpha value is -4.23. The van der Waals surface area contributed by atoms with Crippen molar-refractivity contribution in [2.45, 2.75) is 13.3 Å².